The molecular weight excluding hydrogens is 493 g/mol. The number of hydrogen-bond acceptors (Lipinski definition) is 6. The maximum absolute atomic E-state index is 13.5. The fourth-order valence-corrected chi connectivity index (χ4v) is 6.62. The summed E-state index contributed by atoms with van der Waals surface area (Å²) in [5, 5.41) is 13.5. The Morgan fingerprint density at radius 2 is 1.81 bits per heavy atom. The summed E-state index contributed by atoms with van der Waals surface area (Å²) in [5.41, 5.74) is 3.80. The van der Waals surface area contributed by atoms with E-state index in [4.69, 9.17) is 0 Å². The Bertz CT molecular complexity index is 1530. The van der Waals surface area contributed by atoms with Crippen molar-refractivity contribution in [2.24, 2.45) is 13.0 Å². The Hall–Kier alpha value is -3.15. The van der Waals surface area contributed by atoms with E-state index in [1.165, 1.54) is 27.4 Å². The Labute approximate surface area is 216 Å². The number of benzene rings is 2. The minimum Gasteiger partial charge on any atom is -0.291 e. The summed E-state index contributed by atoms with van der Waals surface area (Å²) < 4.78 is 43.8. The molecule has 0 unspecified atom stereocenters. The molecular formula is C26H32FN7O2S. The smallest absolute Gasteiger partial charge is 0.264 e. The number of nitrogens with zero attached hydrogens (tertiary/aromatic N) is 7. The topological polar surface area (TPSA) is 89.2 Å². The third kappa shape index (κ3) is 4.78. The Morgan fingerprint density at radius 3 is 2.46 bits per heavy atom. The number of aromatic nitrogens is 5. The van der Waals surface area contributed by atoms with Gasteiger partial charge in [0.25, 0.3) is 10.0 Å². The molecule has 2 aromatic heterocycles. The van der Waals surface area contributed by atoms with Crippen molar-refractivity contribution < 1.29 is 12.8 Å². The summed E-state index contributed by atoms with van der Waals surface area (Å²) in [4.78, 5) is 3.67. The highest BCUT2D eigenvalue weighted by Crippen LogP contribution is 2.35. The molecule has 0 aliphatic carbocycles. The predicted octanol–water partition coefficient (Wildman–Crippen LogP) is 3.69. The second-order valence-electron chi connectivity index (χ2n) is 10.3. The van der Waals surface area contributed by atoms with Crippen LogP contribution in [-0.2, 0) is 17.1 Å². The first kappa shape index (κ1) is 25.5. The average Bonchev–Trinajstić information content (AvgIpc) is 3.46. The van der Waals surface area contributed by atoms with Crippen LogP contribution < -0.4 is 0 Å². The molecule has 2 aromatic carbocycles. The monoisotopic (exact) mass is 525 g/mol. The molecule has 1 fully saturated rings. The highest BCUT2D eigenvalue weighted by molar-refractivity contribution is 7.89. The number of hydrogen-bond donors (Lipinski definition) is 0. The molecule has 0 bridgehead atoms. The molecule has 9 nitrogen and oxygen atoms in total. The fraction of sp³-hybridized carbons (Fsp3) is 0.423. The van der Waals surface area contributed by atoms with Crippen molar-refractivity contribution in [1.82, 2.24) is 34.0 Å². The second kappa shape index (κ2) is 9.62. The first-order valence-corrected chi connectivity index (χ1v) is 13.8. The molecule has 0 saturated carbocycles. The van der Waals surface area contributed by atoms with Crippen molar-refractivity contribution in [3.63, 3.8) is 0 Å². The average molecular weight is 526 g/mol. The molecule has 2 atom stereocenters. The van der Waals surface area contributed by atoms with Crippen LogP contribution in [0.15, 0.2) is 53.8 Å². The zero-order valence-corrected chi connectivity index (χ0v) is 22.5. The molecule has 37 heavy (non-hydrogen) atoms. The quantitative estimate of drug-likeness (QED) is 0.382. The minimum absolute atomic E-state index is 0.00429. The molecule has 0 N–H and O–H groups in total. The number of sulfonamides is 1. The van der Waals surface area contributed by atoms with E-state index in [0.29, 0.717) is 19.0 Å². The molecule has 1 saturated heterocycles. The molecule has 4 aromatic rings. The molecule has 0 amide bonds. The van der Waals surface area contributed by atoms with E-state index in [1.54, 1.807) is 30.1 Å². The highest BCUT2D eigenvalue weighted by Gasteiger charge is 2.40. The first-order valence-electron chi connectivity index (χ1n) is 12.4. The molecule has 0 radical (unpaired) electrons. The van der Waals surface area contributed by atoms with E-state index >= 15 is 0 Å². The third-order valence-electron chi connectivity index (χ3n) is 6.96. The van der Waals surface area contributed by atoms with Gasteiger partial charge in [-0.15, -0.1) is 5.10 Å². The lowest BCUT2D eigenvalue weighted by atomic mass is 9.94. The van der Waals surface area contributed by atoms with Crippen LogP contribution in [0.2, 0.25) is 0 Å². The van der Waals surface area contributed by atoms with Crippen LogP contribution in [0, 0.1) is 18.7 Å². The lowest BCUT2D eigenvalue weighted by Crippen LogP contribution is -2.55. The Balaban J connectivity index is 1.56. The van der Waals surface area contributed by atoms with Gasteiger partial charge in [-0.25, -0.2) is 17.5 Å². The molecule has 5 rings (SSSR count). The number of aryl methyl sites for hydroxylation is 2. The normalized spacial score (nSPS) is 19.8. The van der Waals surface area contributed by atoms with Crippen molar-refractivity contribution in [2.45, 2.75) is 44.8 Å². The lowest BCUT2D eigenvalue weighted by Gasteiger charge is -2.46. The van der Waals surface area contributed by atoms with Gasteiger partial charge >= 0.3 is 0 Å². The number of rotatable bonds is 6. The maximum Gasteiger partial charge on any atom is 0.264 e. The van der Waals surface area contributed by atoms with Gasteiger partial charge in [-0.1, -0.05) is 13.8 Å². The third-order valence-corrected chi connectivity index (χ3v) is 8.65. The summed E-state index contributed by atoms with van der Waals surface area (Å²) in [6.45, 7) is 10.0. The molecule has 1 aliphatic rings. The van der Waals surface area contributed by atoms with Crippen molar-refractivity contribution in [3.05, 3.63) is 65.7 Å². The van der Waals surface area contributed by atoms with Gasteiger partial charge in [0.1, 0.15) is 5.82 Å². The highest BCUT2D eigenvalue weighted by atomic mass is 32.2. The van der Waals surface area contributed by atoms with Crippen LogP contribution in [0.3, 0.4) is 0 Å². The lowest BCUT2D eigenvalue weighted by molar-refractivity contribution is 0.0559. The summed E-state index contributed by atoms with van der Waals surface area (Å²) in [6, 6.07) is 10.3. The molecule has 11 heteroatoms. The zero-order valence-electron chi connectivity index (χ0n) is 21.7. The van der Waals surface area contributed by atoms with Crippen LogP contribution in [0.25, 0.3) is 16.6 Å². The summed E-state index contributed by atoms with van der Waals surface area (Å²) in [7, 11) is -2.19. The predicted molar refractivity (Wildman–Crippen MR) is 139 cm³/mol. The van der Waals surface area contributed by atoms with Crippen LogP contribution >= 0.6 is 0 Å². The van der Waals surface area contributed by atoms with Gasteiger partial charge in [0.2, 0.25) is 5.03 Å². The summed E-state index contributed by atoms with van der Waals surface area (Å²) >= 11 is 0. The number of halogens is 1. The first-order chi connectivity index (χ1) is 17.5. The van der Waals surface area contributed by atoms with Gasteiger partial charge in [0.15, 0.2) is 0 Å². The minimum atomic E-state index is -3.79. The van der Waals surface area contributed by atoms with Crippen LogP contribution in [-0.4, -0.2) is 68.1 Å². The zero-order chi connectivity index (χ0) is 26.5. The number of piperazine rings is 1. The summed E-state index contributed by atoms with van der Waals surface area (Å²) in [6.07, 6.45) is 3.10. The van der Waals surface area contributed by atoms with E-state index in [1.807, 2.05) is 6.92 Å². The molecule has 196 valence electrons. The van der Waals surface area contributed by atoms with Crippen molar-refractivity contribution >= 4 is 20.9 Å². The standard InChI is InChI=1S/C26H32FN7O2S/c1-17(2)14-33-19(4)15-32(37(35,36)26-13-28-31(5)30-26)16-25(33)23-11-20-12-29-34(24(20)10-18(23)3)22-8-6-21(27)7-9-22/h6-13,17,19,25H,14-16H2,1-5H3/t19-,25-/m1/s1. The van der Waals surface area contributed by atoms with Gasteiger partial charge in [-0.2, -0.15) is 19.3 Å². The maximum atomic E-state index is 13.5. The van der Waals surface area contributed by atoms with Crippen LogP contribution in [0.4, 0.5) is 4.39 Å². The van der Waals surface area contributed by atoms with Gasteiger partial charge in [-0.05, 0) is 67.3 Å². The second-order valence-corrected chi connectivity index (χ2v) is 12.1. The number of fused-ring (bicyclic) bond motifs is 1. The van der Waals surface area contributed by atoms with Crippen molar-refractivity contribution in [1.29, 1.82) is 0 Å². The largest absolute Gasteiger partial charge is 0.291 e. The molecule has 0 spiro atoms. The van der Waals surface area contributed by atoms with Crippen molar-refractivity contribution in [3.8, 4) is 5.69 Å². The van der Waals surface area contributed by atoms with Crippen LogP contribution in [0.1, 0.15) is 37.9 Å². The van der Waals surface area contributed by atoms with E-state index in [2.05, 4.69) is 53.1 Å². The Morgan fingerprint density at radius 1 is 1.08 bits per heavy atom. The van der Waals surface area contributed by atoms with E-state index in [-0.39, 0.29) is 22.9 Å². The van der Waals surface area contributed by atoms with E-state index in [9.17, 15) is 12.8 Å². The fourth-order valence-electron chi connectivity index (χ4n) is 5.20. The Kier molecular flexibility index (Phi) is 6.63. The van der Waals surface area contributed by atoms with Crippen LogP contribution in [0.5, 0.6) is 0 Å². The molecule has 3 heterocycles. The summed E-state index contributed by atoms with van der Waals surface area (Å²) in [5.74, 6) is 0.120. The van der Waals surface area contributed by atoms with E-state index in [0.717, 1.165) is 34.3 Å². The van der Waals surface area contributed by atoms with Crippen molar-refractivity contribution in [2.75, 3.05) is 19.6 Å². The van der Waals surface area contributed by atoms with Gasteiger partial charge in [-0.3, -0.25) is 4.90 Å². The van der Waals surface area contributed by atoms with Gasteiger partial charge in [0, 0.05) is 44.2 Å². The van der Waals surface area contributed by atoms with Gasteiger partial charge in [0.05, 0.1) is 23.6 Å². The van der Waals surface area contributed by atoms with Gasteiger partial charge < -0.3 is 0 Å². The molecule has 1 aliphatic heterocycles. The SMILES string of the molecule is Cc1cc2c(cnn2-c2ccc(F)cc2)cc1[C@H]1CN(S(=O)(=O)c2cnn(C)n2)C[C@@H](C)N1CC(C)C. The van der Waals surface area contributed by atoms with E-state index < -0.39 is 10.0 Å².